The minimum atomic E-state index is 0.313. The van der Waals surface area contributed by atoms with Crippen LogP contribution >= 0.6 is 0 Å². The van der Waals surface area contributed by atoms with Gasteiger partial charge in [-0.1, -0.05) is 26.8 Å². The van der Waals surface area contributed by atoms with Gasteiger partial charge in [-0.05, 0) is 29.9 Å². The average molecular weight is 152 g/mol. The summed E-state index contributed by atoms with van der Waals surface area (Å²) in [5, 5.41) is 9.07. The molecule has 0 bridgehead atoms. The molecule has 1 aliphatic rings. The van der Waals surface area contributed by atoms with Crippen molar-refractivity contribution in [2.75, 3.05) is 0 Å². The average Bonchev–Trinajstić information content (AvgIpc) is 1.86. The zero-order valence-electron chi connectivity index (χ0n) is 7.46. The van der Waals surface area contributed by atoms with Crippen LogP contribution < -0.4 is 0 Å². The van der Waals surface area contributed by atoms with E-state index in [2.05, 4.69) is 26.8 Å². The van der Waals surface area contributed by atoms with Crippen molar-refractivity contribution >= 4 is 0 Å². The van der Waals surface area contributed by atoms with Gasteiger partial charge in [-0.3, -0.25) is 0 Å². The molecule has 0 amide bonds. The highest BCUT2D eigenvalue weighted by atomic mass is 16.3. The molecule has 0 radical (unpaired) electrons. The van der Waals surface area contributed by atoms with Gasteiger partial charge in [0.2, 0.25) is 0 Å². The van der Waals surface area contributed by atoms with Crippen molar-refractivity contribution < 1.29 is 5.11 Å². The molecule has 0 aliphatic heterocycles. The third-order valence-corrected chi connectivity index (χ3v) is 2.19. The molecule has 1 aliphatic carbocycles. The van der Waals surface area contributed by atoms with Crippen LogP contribution in [-0.2, 0) is 0 Å². The first-order valence-electron chi connectivity index (χ1n) is 4.07. The Morgan fingerprint density at radius 2 is 2.09 bits per heavy atom. The number of aliphatic hydroxyl groups excluding tert-OH is 1. The van der Waals surface area contributed by atoms with Crippen LogP contribution in [0.25, 0.3) is 0 Å². The summed E-state index contributed by atoms with van der Waals surface area (Å²) in [6.45, 7) is 6.66. The van der Waals surface area contributed by atoms with Crippen molar-refractivity contribution in [2.45, 2.75) is 27.2 Å². The highest BCUT2D eigenvalue weighted by Gasteiger charge is 2.22. The van der Waals surface area contributed by atoms with Crippen molar-refractivity contribution in [3.05, 3.63) is 24.0 Å². The number of hydrogen-bond donors (Lipinski definition) is 1. The summed E-state index contributed by atoms with van der Waals surface area (Å²) in [6.07, 6.45) is 6.73. The maximum absolute atomic E-state index is 9.07. The minimum Gasteiger partial charge on any atom is -0.508 e. The second-order valence-electron chi connectivity index (χ2n) is 4.20. The molecule has 62 valence electrons. The van der Waals surface area contributed by atoms with Gasteiger partial charge >= 0.3 is 0 Å². The van der Waals surface area contributed by atoms with Gasteiger partial charge in [0, 0.05) is 0 Å². The smallest absolute Gasteiger partial charge is 0.111 e. The van der Waals surface area contributed by atoms with Gasteiger partial charge in [-0.15, -0.1) is 0 Å². The zero-order chi connectivity index (χ0) is 8.48. The van der Waals surface area contributed by atoms with Gasteiger partial charge in [0.05, 0.1) is 0 Å². The predicted octanol–water partition coefficient (Wildman–Crippen LogP) is 3.05. The van der Waals surface area contributed by atoms with Gasteiger partial charge in [0.25, 0.3) is 0 Å². The van der Waals surface area contributed by atoms with Crippen LogP contribution in [0.15, 0.2) is 24.0 Å². The summed E-state index contributed by atoms with van der Waals surface area (Å²) in [7, 11) is 0. The van der Waals surface area contributed by atoms with E-state index in [9.17, 15) is 0 Å². The van der Waals surface area contributed by atoms with Gasteiger partial charge < -0.3 is 5.11 Å². The molecule has 11 heavy (non-hydrogen) atoms. The van der Waals surface area contributed by atoms with E-state index >= 15 is 0 Å². The molecular formula is C10H16O. The summed E-state index contributed by atoms with van der Waals surface area (Å²) in [5.41, 5.74) is 0.313. The first-order chi connectivity index (χ1) is 5.00. The van der Waals surface area contributed by atoms with E-state index in [0.717, 1.165) is 6.42 Å². The zero-order valence-corrected chi connectivity index (χ0v) is 7.46. The molecule has 0 saturated carbocycles. The molecule has 1 nitrogen and oxygen atoms in total. The van der Waals surface area contributed by atoms with Crippen LogP contribution in [0.2, 0.25) is 0 Å². The van der Waals surface area contributed by atoms with Crippen molar-refractivity contribution in [3.8, 4) is 0 Å². The molecule has 0 aromatic heterocycles. The summed E-state index contributed by atoms with van der Waals surface area (Å²) in [6, 6.07) is 0. The Morgan fingerprint density at radius 1 is 1.45 bits per heavy atom. The van der Waals surface area contributed by atoms with E-state index < -0.39 is 0 Å². The van der Waals surface area contributed by atoms with E-state index in [1.807, 2.05) is 6.08 Å². The van der Waals surface area contributed by atoms with Crippen molar-refractivity contribution in [3.63, 3.8) is 0 Å². The monoisotopic (exact) mass is 152 g/mol. The normalized spacial score (nSPS) is 25.0. The Labute approximate surface area is 68.4 Å². The highest BCUT2D eigenvalue weighted by molar-refractivity contribution is 5.18. The van der Waals surface area contributed by atoms with Gasteiger partial charge in [0.15, 0.2) is 0 Å². The number of allylic oxidation sites excluding steroid dienone is 3. The van der Waals surface area contributed by atoms with E-state index in [0.29, 0.717) is 17.1 Å². The van der Waals surface area contributed by atoms with E-state index in [4.69, 9.17) is 5.11 Å². The fourth-order valence-corrected chi connectivity index (χ4v) is 1.25. The molecule has 0 saturated heterocycles. The standard InChI is InChI=1S/C10H16O/c1-10(2,3)8-4-6-9(11)7-5-8/h4,6-8,11H,5H2,1-3H3. The van der Waals surface area contributed by atoms with Crippen molar-refractivity contribution in [1.82, 2.24) is 0 Å². The molecule has 0 fully saturated rings. The lowest BCUT2D eigenvalue weighted by molar-refractivity contribution is 0.287. The molecule has 1 heteroatoms. The molecule has 0 heterocycles. The van der Waals surface area contributed by atoms with Crippen LogP contribution in [0, 0.1) is 11.3 Å². The lowest BCUT2D eigenvalue weighted by Gasteiger charge is -2.28. The molecule has 1 rings (SSSR count). The molecule has 1 atom stereocenters. The first-order valence-corrected chi connectivity index (χ1v) is 4.07. The van der Waals surface area contributed by atoms with Crippen molar-refractivity contribution in [1.29, 1.82) is 0 Å². The number of aliphatic hydroxyl groups is 1. The Kier molecular flexibility index (Phi) is 2.08. The van der Waals surface area contributed by atoms with Crippen LogP contribution in [0.5, 0.6) is 0 Å². The second-order valence-corrected chi connectivity index (χ2v) is 4.20. The maximum atomic E-state index is 9.07. The lowest BCUT2D eigenvalue weighted by atomic mass is 9.77. The van der Waals surface area contributed by atoms with Crippen molar-refractivity contribution in [2.24, 2.45) is 11.3 Å². The summed E-state index contributed by atoms with van der Waals surface area (Å²) < 4.78 is 0. The SMILES string of the molecule is CC(C)(C)C1C=CC(O)=CC1. The summed E-state index contributed by atoms with van der Waals surface area (Å²) >= 11 is 0. The third kappa shape index (κ3) is 2.11. The molecule has 1 unspecified atom stereocenters. The molecule has 0 aromatic rings. The predicted molar refractivity (Wildman–Crippen MR) is 47.4 cm³/mol. The van der Waals surface area contributed by atoms with Gasteiger partial charge in [0.1, 0.15) is 5.76 Å². The fraction of sp³-hybridized carbons (Fsp3) is 0.600. The third-order valence-electron chi connectivity index (χ3n) is 2.19. The Morgan fingerprint density at radius 3 is 2.45 bits per heavy atom. The van der Waals surface area contributed by atoms with Crippen LogP contribution in [0.3, 0.4) is 0 Å². The van der Waals surface area contributed by atoms with E-state index in [1.54, 1.807) is 6.08 Å². The highest BCUT2D eigenvalue weighted by Crippen LogP contribution is 2.32. The quantitative estimate of drug-likeness (QED) is 0.565. The summed E-state index contributed by atoms with van der Waals surface area (Å²) in [5.74, 6) is 0.976. The fourth-order valence-electron chi connectivity index (χ4n) is 1.25. The lowest BCUT2D eigenvalue weighted by Crippen LogP contribution is -2.19. The van der Waals surface area contributed by atoms with E-state index in [1.165, 1.54) is 0 Å². The minimum absolute atomic E-state index is 0.313. The van der Waals surface area contributed by atoms with E-state index in [-0.39, 0.29) is 0 Å². The van der Waals surface area contributed by atoms with Crippen LogP contribution in [0.1, 0.15) is 27.2 Å². The van der Waals surface area contributed by atoms with Gasteiger partial charge in [-0.25, -0.2) is 0 Å². The Hall–Kier alpha value is -0.720. The van der Waals surface area contributed by atoms with Crippen LogP contribution in [-0.4, -0.2) is 5.11 Å². The molecule has 0 spiro atoms. The topological polar surface area (TPSA) is 20.2 Å². The number of rotatable bonds is 0. The van der Waals surface area contributed by atoms with Crippen LogP contribution in [0.4, 0.5) is 0 Å². The number of hydrogen-bond acceptors (Lipinski definition) is 1. The Balaban J connectivity index is 2.63. The van der Waals surface area contributed by atoms with Gasteiger partial charge in [-0.2, -0.15) is 0 Å². The largest absolute Gasteiger partial charge is 0.508 e. The summed E-state index contributed by atoms with van der Waals surface area (Å²) in [4.78, 5) is 0. The molecular weight excluding hydrogens is 136 g/mol. The Bertz CT molecular complexity index is 193. The second kappa shape index (κ2) is 2.72. The molecule has 0 aromatic carbocycles. The first kappa shape index (κ1) is 8.38. The maximum Gasteiger partial charge on any atom is 0.111 e. The molecule has 1 N–H and O–H groups in total.